The average Bonchev–Trinajstić information content (AvgIpc) is 2.36. The molecule has 0 saturated carbocycles. The third-order valence-electron chi connectivity index (χ3n) is 2.52. The average molecular weight is 234 g/mol. The molecule has 0 radical (unpaired) electrons. The monoisotopic (exact) mass is 234 g/mol. The largest absolute Gasteiger partial charge is 0.496 e. The van der Waals surface area contributed by atoms with E-state index >= 15 is 0 Å². The van der Waals surface area contributed by atoms with Gasteiger partial charge in [0.15, 0.2) is 6.07 Å². The van der Waals surface area contributed by atoms with Crippen molar-refractivity contribution in [2.75, 3.05) is 26.2 Å². The van der Waals surface area contributed by atoms with Crippen LogP contribution in [-0.2, 0) is 4.79 Å². The van der Waals surface area contributed by atoms with Crippen molar-refractivity contribution in [3.63, 3.8) is 0 Å². The van der Waals surface area contributed by atoms with Gasteiger partial charge in [-0.05, 0) is 19.1 Å². The Morgan fingerprint density at radius 2 is 2.00 bits per heavy atom. The summed E-state index contributed by atoms with van der Waals surface area (Å²) in [6.07, 6.45) is 0. The molecule has 0 spiro atoms. The predicted molar refractivity (Wildman–Crippen MR) is 63.3 cm³/mol. The molecule has 0 fully saturated rings. The van der Waals surface area contributed by atoms with Crippen molar-refractivity contribution in [2.24, 2.45) is 0 Å². The van der Waals surface area contributed by atoms with Gasteiger partial charge in [-0.15, -0.1) is 0 Å². The lowest BCUT2D eigenvalue weighted by molar-refractivity contribution is -0.113. The van der Waals surface area contributed by atoms with Crippen molar-refractivity contribution in [3.05, 3.63) is 17.7 Å². The molecule has 0 unspecified atom stereocenters. The Labute approximate surface area is 100 Å². The van der Waals surface area contributed by atoms with Crippen LogP contribution >= 0.6 is 0 Å². The second-order valence-electron chi connectivity index (χ2n) is 3.42. The van der Waals surface area contributed by atoms with E-state index in [0.717, 1.165) is 5.56 Å². The van der Waals surface area contributed by atoms with Gasteiger partial charge in [0.1, 0.15) is 11.5 Å². The Bertz CT molecular complexity index is 477. The van der Waals surface area contributed by atoms with Gasteiger partial charge in [-0.25, -0.2) is 0 Å². The van der Waals surface area contributed by atoms with Crippen LogP contribution in [0, 0.1) is 18.3 Å². The molecule has 0 heterocycles. The van der Waals surface area contributed by atoms with Crippen LogP contribution in [0.25, 0.3) is 0 Å². The van der Waals surface area contributed by atoms with E-state index in [1.54, 1.807) is 25.3 Å². The number of hydrogen-bond acceptors (Lipinski definition) is 4. The molecular formula is C12H14N2O3. The van der Waals surface area contributed by atoms with Gasteiger partial charge in [-0.1, -0.05) is 0 Å². The van der Waals surface area contributed by atoms with E-state index < -0.39 is 5.91 Å². The third-order valence-corrected chi connectivity index (χ3v) is 2.52. The van der Waals surface area contributed by atoms with Crippen LogP contribution in [0.2, 0.25) is 0 Å². The van der Waals surface area contributed by atoms with Crippen LogP contribution in [-0.4, -0.2) is 27.2 Å². The zero-order valence-electron chi connectivity index (χ0n) is 10.3. The molecule has 1 aromatic rings. The molecule has 0 aromatic heterocycles. The zero-order chi connectivity index (χ0) is 13.0. The Hall–Kier alpha value is -2.22. The van der Waals surface area contributed by atoms with Gasteiger partial charge in [-0.2, -0.15) is 5.26 Å². The number of carbonyl (C=O) groups excluding carboxylic acids is 1. The minimum atomic E-state index is -0.645. The first kappa shape index (κ1) is 12.8. The molecule has 0 N–H and O–H groups in total. The highest BCUT2D eigenvalue weighted by Gasteiger charge is 2.18. The lowest BCUT2D eigenvalue weighted by atomic mass is 10.1. The molecule has 0 aliphatic carbocycles. The minimum Gasteiger partial charge on any atom is -0.496 e. The van der Waals surface area contributed by atoms with Gasteiger partial charge < -0.3 is 9.47 Å². The first-order valence-corrected chi connectivity index (χ1v) is 4.96. The summed E-state index contributed by atoms with van der Waals surface area (Å²) < 4.78 is 10.4. The maximum Gasteiger partial charge on any atom is 0.329 e. The molecule has 5 nitrogen and oxygen atoms in total. The van der Waals surface area contributed by atoms with Gasteiger partial charge in [0.2, 0.25) is 0 Å². The van der Waals surface area contributed by atoms with Crippen LogP contribution in [0.1, 0.15) is 5.56 Å². The number of rotatable bonds is 3. The number of amides is 1. The van der Waals surface area contributed by atoms with E-state index in [2.05, 4.69) is 0 Å². The van der Waals surface area contributed by atoms with Crippen molar-refractivity contribution in [3.8, 4) is 17.6 Å². The number of anilines is 1. The SMILES string of the molecule is COc1ccc(N(C)C(=O)C#N)c(OC)c1C. The van der Waals surface area contributed by atoms with Crippen LogP contribution in [0.5, 0.6) is 11.5 Å². The maximum absolute atomic E-state index is 11.3. The molecule has 1 aromatic carbocycles. The first-order chi connectivity index (χ1) is 8.06. The number of benzene rings is 1. The highest BCUT2D eigenvalue weighted by molar-refractivity contribution is 6.05. The smallest absolute Gasteiger partial charge is 0.329 e. The van der Waals surface area contributed by atoms with E-state index in [1.807, 2.05) is 6.92 Å². The number of carbonyl (C=O) groups is 1. The molecule has 5 heteroatoms. The lowest BCUT2D eigenvalue weighted by Crippen LogP contribution is -2.25. The van der Waals surface area contributed by atoms with Crippen molar-refractivity contribution < 1.29 is 14.3 Å². The molecular weight excluding hydrogens is 220 g/mol. The molecule has 0 saturated heterocycles. The maximum atomic E-state index is 11.3. The second kappa shape index (κ2) is 5.21. The summed E-state index contributed by atoms with van der Waals surface area (Å²) in [7, 11) is 4.59. The first-order valence-electron chi connectivity index (χ1n) is 4.96. The molecule has 1 amide bonds. The van der Waals surface area contributed by atoms with E-state index in [0.29, 0.717) is 17.2 Å². The number of nitriles is 1. The third kappa shape index (κ3) is 2.31. The van der Waals surface area contributed by atoms with Crippen LogP contribution in [0.3, 0.4) is 0 Å². The fourth-order valence-corrected chi connectivity index (χ4v) is 1.59. The van der Waals surface area contributed by atoms with Crippen molar-refractivity contribution in [1.29, 1.82) is 5.26 Å². The van der Waals surface area contributed by atoms with Gasteiger partial charge in [0.25, 0.3) is 0 Å². The van der Waals surface area contributed by atoms with Crippen LogP contribution < -0.4 is 14.4 Å². The molecule has 0 aliphatic rings. The highest BCUT2D eigenvalue weighted by atomic mass is 16.5. The summed E-state index contributed by atoms with van der Waals surface area (Å²) in [6.45, 7) is 1.83. The van der Waals surface area contributed by atoms with Crippen molar-refractivity contribution in [2.45, 2.75) is 6.92 Å². The van der Waals surface area contributed by atoms with E-state index in [4.69, 9.17) is 14.7 Å². The Morgan fingerprint density at radius 1 is 1.35 bits per heavy atom. The summed E-state index contributed by atoms with van der Waals surface area (Å²) in [5.41, 5.74) is 1.32. The molecule has 0 atom stereocenters. The van der Waals surface area contributed by atoms with Gasteiger partial charge >= 0.3 is 5.91 Å². The summed E-state index contributed by atoms with van der Waals surface area (Å²) in [6, 6.07) is 4.97. The minimum absolute atomic E-state index is 0.524. The van der Waals surface area contributed by atoms with Crippen LogP contribution in [0.4, 0.5) is 5.69 Å². The standard InChI is InChI=1S/C12H14N2O3/c1-8-10(16-3)6-5-9(12(8)17-4)14(2)11(15)7-13/h5-6H,1-4H3. The quantitative estimate of drug-likeness (QED) is 0.743. The van der Waals surface area contributed by atoms with Gasteiger partial charge in [0, 0.05) is 12.6 Å². The van der Waals surface area contributed by atoms with Crippen molar-refractivity contribution in [1.82, 2.24) is 0 Å². The topological polar surface area (TPSA) is 62.6 Å². The van der Waals surface area contributed by atoms with E-state index in [-0.39, 0.29) is 0 Å². The second-order valence-corrected chi connectivity index (χ2v) is 3.42. The highest BCUT2D eigenvalue weighted by Crippen LogP contribution is 2.36. The molecule has 0 aliphatic heterocycles. The number of nitrogens with zero attached hydrogens (tertiary/aromatic N) is 2. The summed E-state index contributed by atoms with van der Waals surface area (Å²) in [5, 5.41) is 8.59. The summed E-state index contributed by atoms with van der Waals surface area (Å²) in [5.74, 6) is 0.548. The molecule has 0 bridgehead atoms. The lowest BCUT2D eigenvalue weighted by Gasteiger charge is -2.19. The predicted octanol–water partition coefficient (Wildman–Crippen LogP) is 1.50. The van der Waals surface area contributed by atoms with Crippen LogP contribution in [0.15, 0.2) is 12.1 Å². The molecule has 1 rings (SSSR count). The van der Waals surface area contributed by atoms with E-state index in [1.165, 1.54) is 19.1 Å². The van der Waals surface area contributed by atoms with Crippen molar-refractivity contribution >= 4 is 11.6 Å². The zero-order valence-corrected chi connectivity index (χ0v) is 10.3. The molecule has 90 valence electrons. The normalized spacial score (nSPS) is 9.35. The Kier molecular flexibility index (Phi) is 3.94. The molecule has 17 heavy (non-hydrogen) atoms. The summed E-state index contributed by atoms with van der Waals surface area (Å²) in [4.78, 5) is 12.6. The Balaban J connectivity index is 3.31. The number of methoxy groups -OCH3 is 2. The fourth-order valence-electron chi connectivity index (χ4n) is 1.59. The number of ether oxygens (including phenoxy) is 2. The van der Waals surface area contributed by atoms with E-state index in [9.17, 15) is 4.79 Å². The van der Waals surface area contributed by atoms with Gasteiger partial charge in [0.05, 0.1) is 19.9 Å². The number of hydrogen-bond donors (Lipinski definition) is 0. The summed E-state index contributed by atoms with van der Waals surface area (Å²) >= 11 is 0. The Morgan fingerprint density at radius 3 is 2.47 bits per heavy atom. The fraction of sp³-hybridized carbons (Fsp3) is 0.333. The van der Waals surface area contributed by atoms with Gasteiger partial charge in [-0.3, -0.25) is 9.69 Å².